The van der Waals surface area contributed by atoms with Gasteiger partial charge >= 0.3 is 0 Å². The Labute approximate surface area is 127 Å². The maximum Gasteiger partial charge on any atom is 0.231 e. The quantitative estimate of drug-likeness (QED) is 0.675. The van der Waals surface area contributed by atoms with Gasteiger partial charge in [-0.1, -0.05) is 18.7 Å². The average molecular weight is 283 g/mol. The van der Waals surface area contributed by atoms with Crippen LogP contribution in [-0.2, 0) is 4.79 Å². The van der Waals surface area contributed by atoms with Gasteiger partial charge in [0.1, 0.15) is 0 Å². The van der Waals surface area contributed by atoms with E-state index in [4.69, 9.17) is 0 Å². The van der Waals surface area contributed by atoms with E-state index in [-0.39, 0.29) is 12.0 Å². The number of nitrogens with zero attached hydrogens (tertiary/aromatic N) is 1. The van der Waals surface area contributed by atoms with Crippen molar-refractivity contribution in [1.82, 2.24) is 4.90 Å². The molecule has 21 heavy (non-hydrogen) atoms. The van der Waals surface area contributed by atoms with Gasteiger partial charge in [0.15, 0.2) is 0 Å². The van der Waals surface area contributed by atoms with Gasteiger partial charge in [0.25, 0.3) is 0 Å². The van der Waals surface area contributed by atoms with Crippen LogP contribution in [0.1, 0.15) is 33.1 Å². The summed E-state index contributed by atoms with van der Waals surface area (Å²) in [6.07, 6.45) is 9.05. The summed E-state index contributed by atoms with van der Waals surface area (Å²) >= 11 is 0. The zero-order valence-electron chi connectivity index (χ0n) is 13.0. The first-order valence-electron chi connectivity index (χ1n) is 8.79. The Morgan fingerprint density at radius 3 is 2.19 bits per heavy atom. The fourth-order valence-corrected chi connectivity index (χ4v) is 7.05. The maximum absolute atomic E-state index is 13.0. The molecule has 6 rings (SSSR count). The molecule has 5 aliphatic carbocycles. The molecule has 4 bridgehead atoms. The van der Waals surface area contributed by atoms with Crippen LogP contribution in [0.25, 0.3) is 0 Å². The fourth-order valence-electron chi connectivity index (χ4n) is 7.05. The summed E-state index contributed by atoms with van der Waals surface area (Å²) in [5, 5.41) is 0. The van der Waals surface area contributed by atoms with Crippen molar-refractivity contribution in [2.24, 2.45) is 47.3 Å². The number of allylic oxidation sites excluding steroid dienone is 3. The minimum atomic E-state index is 0.270. The van der Waals surface area contributed by atoms with Crippen molar-refractivity contribution in [1.29, 1.82) is 0 Å². The van der Waals surface area contributed by atoms with Crippen LogP contribution in [0, 0.1) is 47.3 Å². The van der Waals surface area contributed by atoms with Crippen molar-refractivity contribution in [3.63, 3.8) is 0 Å². The van der Waals surface area contributed by atoms with Gasteiger partial charge in [0.2, 0.25) is 5.91 Å². The number of hydrogen-bond donors (Lipinski definition) is 0. The van der Waals surface area contributed by atoms with Crippen LogP contribution < -0.4 is 0 Å². The topological polar surface area (TPSA) is 20.3 Å². The number of hydrogen-bond acceptors (Lipinski definition) is 1. The lowest BCUT2D eigenvalue weighted by atomic mass is 9.54. The predicted octanol–water partition coefficient (Wildman–Crippen LogP) is 3.46. The molecular weight excluding hydrogens is 258 g/mol. The van der Waals surface area contributed by atoms with E-state index in [0.29, 0.717) is 17.7 Å². The zero-order valence-corrected chi connectivity index (χ0v) is 13.0. The van der Waals surface area contributed by atoms with Crippen LogP contribution >= 0.6 is 0 Å². The molecule has 8 atom stereocenters. The van der Waals surface area contributed by atoms with E-state index in [1.807, 2.05) is 4.90 Å². The fraction of sp³-hybridized carbons (Fsp3) is 0.737. The molecule has 0 aromatic heterocycles. The largest absolute Gasteiger partial charge is 0.314 e. The number of likely N-dealkylation sites (tertiary alicyclic amines) is 1. The molecule has 2 nitrogen and oxygen atoms in total. The van der Waals surface area contributed by atoms with Crippen molar-refractivity contribution in [2.75, 3.05) is 0 Å². The van der Waals surface area contributed by atoms with Gasteiger partial charge in [0, 0.05) is 17.7 Å². The molecule has 1 aliphatic heterocycles. The van der Waals surface area contributed by atoms with Gasteiger partial charge in [-0.15, -0.1) is 0 Å². The van der Waals surface area contributed by atoms with E-state index in [9.17, 15) is 4.79 Å². The predicted molar refractivity (Wildman–Crippen MR) is 82.0 cm³/mol. The Balaban J connectivity index is 1.57. The first-order valence-corrected chi connectivity index (χ1v) is 8.79. The molecule has 112 valence electrons. The van der Waals surface area contributed by atoms with Gasteiger partial charge in [-0.05, 0) is 68.6 Å². The Morgan fingerprint density at radius 1 is 1.10 bits per heavy atom. The number of rotatable bonds is 1. The SMILES string of the molecule is C=C1C2C3CC(C2C(=O)N1C(C)C)C1C2C=CC(CC2)C31. The number of carbonyl (C=O) groups is 1. The van der Waals surface area contributed by atoms with E-state index >= 15 is 0 Å². The van der Waals surface area contributed by atoms with E-state index in [1.165, 1.54) is 19.3 Å². The zero-order chi connectivity index (χ0) is 14.5. The third-order valence-electron chi connectivity index (χ3n) is 7.45. The first kappa shape index (κ1) is 12.5. The molecule has 3 saturated carbocycles. The van der Waals surface area contributed by atoms with Crippen LogP contribution in [0.15, 0.2) is 24.4 Å². The second-order valence-electron chi connectivity index (χ2n) is 8.35. The van der Waals surface area contributed by atoms with Crippen LogP contribution in [0.4, 0.5) is 0 Å². The van der Waals surface area contributed by atoms with Crippen molar-refractivity contribution >= 4 is 5.91 Å². The van der Waals surface area contributed by atoms with Gasteiger partial charge in [0.05, 0.1) is 5.92 Å². The number of amides is 1. The lowest BCUT2D eigenvalue weighted by Gasteiger charge is -2.50. The highest BCUT2D eigenvalue weighted by atomic mass is 16.2. The van der Waals surface area contributed by atoms with Gasteiger partial charge < -0.3 is 4.90 Å². The van der Waals surface area contributed by atoms with E-state index < -0.39 is 0 Å². The van der Waals surface area contributed by atoms with Crippen LogP contribution in [-0.4, -0.2) is 16.8 Å². The molecule has 2 heteroatoms. The van der Waals surface area contributed by atoms with Crippen LogP contribution in [0.2, 0.25) is 0 Å². The van der Waals surface area contributed by atoms with Crippen molar-refractivity contribution in [2.45, 2.75) is 39.2 Å². The number of carbonyl (C=O) groups excluding carboxylic acids is 1. The summed E-state index contributed by atoms with van der Waals surface area (Å²) in [5.41, 5.74) is 1.15. The summed E-state index contributed by atoms with van der Waals surface area (Å²) < 4.78 is 0. The summed E-state index contributed by atoms with van der Waals surface area (Å²) in [6.45, 7) is 8.61. The third kappa shape index (κ3) is 1.29. The molecule has 1 heterocycles. The molecule has 8 unspecified atom stereocenters. The van der Waals surface area contributed by atoms with Crippen molar-refractivity contribution in [3.05, 3.63) is 24.4 Å². The summed E-state index contributed by atoms with van der Waals surface area (Å²) in [4.78, 5) is 15.0. The van der Waals surface area contributed by atoms with Gasteiger partial charge in [-0.25, -0.2) is 0 Å². The highest BCUT2D eigenvalue weighted by Crippen LogP contribution is 2.69. The van der Waals surface area contributed by atoms with E-state index in [0.717, 1.165) is 35.3 Å². The summed E-state index contributed by atoms with van der Waals surface area (Å²) in [7, 11) is 0. The first-order chi connectivity index (χ1) is 10.1. The molecule has 0 N–H and O–H groups in total. The van der Waals surface area contributed by atoms with Gasteiger partial charge in [-0.3, -0.25) is 4.79 Å². The molecule has 1 saturated heterocycles. The molecule has 0 aromatic carbocycles. The van der Waals surface area contributed by atoms with Crippen molar-refractivity contribution in [3.8, 4) is 0 Å². The lowest BCUT2D eigenvalue weighted by Crippen LogP contribution is -2.46. The normalized spacial score (nSPS) is 53.0. The average Bonchev–Trinajstić information content (AvgIpc) is 3.11. The second kappa shape index (κ2) is 3.83. The lowest BCUT2D eigenvalue weighted by molar-refractivity contribution is -0.134. The molecule has 6 aliphatic rings. The molecule has 4 fully saturated rings. The molecule has 1 amide bonds. The Morgan fingerprint density at radius 2 is 1.67 bits per heavy atom. The van der Waals surface area contributed by atoms with Crippen LogP contribution in [0.5, 0.6) is 0 Å². The monoisotopic (exact) mass is 283 g/mol. The Hall–Kier alpha value is -1.05. The Bertz CT molecular complexity index is 518. The maximum atomic E-state index is 13.0. The minimum Gasteiger partial charge on any atom is -0.314 e. The second-order valence-corrected chi connectivity index (χ2v) is 8.35. The van der Waals surface area contributed by atoms with Crippen molar-refractivity contribution < 1.29 is 4.79 Å². The minimum absolute atomic E-state index is 0.270. The standard InChI is InChI=1S/C19H25NO/c1-9(2)20-10(3)15-13-8-14(18(15)19(20)21)17-12-6-4-11(5-7-12)16(13)17/h4,6,9,11-18H,3,5,7-8H2,1-2H3. The summed E-state index contributed by atoms with van der Waals surface area (Å²) in [5.74, 6) is 5.77. The van der Waals surface area contributed by atoms with Crippen LogP contribution in [0.3, 0.4) is 0 Å². The smallest absolute Gasteiger partial charge is 0.231 e. The van der Waals surface area contributed by atoms with Gasteiger partial charge in [-0.2, -0.15) is 0 Å². The van der Waals surface area contributed by atoms with E-state index in [1.54, 1.807) is 0 Å². The molecule has 0 spiro atoms. The summed E-state index contributed by atoms with van der Waals surface area (Å²) in [6, 6.07) is 0.270. The van der Waals surface area contributed by atoms with E-state index in [2.05, 4.69) is 32.6 Å². The molecule has 0 radical (unpaired) electrons. The molecule has 0 aromatic rings. The third-order valence-corrected chi connectivity index (χ3v) is 7.45. The molecular formula is C19H25NO. The highest BCUT2D eigenvalue weighted by molar-refractivity contribution is 5.86. The highest BCUT2D eigenvalue weighted by Gasteiger charge is 2.68. The number of fused-ring (bicyclic) bond motifs is 6. The Kier molecular flexibility index (Phi) is 2.28.